The van der Waals surface area contributed by atoms with Gasteiger partial charge in [-0.25, -0.2) is 0 Å². The lowest BCUT2D eigenvalue weighted by Crippen LogP contribution is -2.29. The molecule has 2 N–H and O–H groups in total. The molecule has 0 aliphatic carbocycles. The first-order chi connectivity index (χ1) is 13.5. The summed E-state index contributed by atoms with van der Waals surface area (Å²) in [4.78, 5) is 4.71. The standard InChI is InChI=1S/C24H21N3O/c1-24(2)12-21(20-11-17(14-26)5-10-23(20)28-24)22-9-8-19(15-27-22)18-6-3-16(13-25)4-7-18/h3-12,15H,13,25H2,1-2H3. The Hall–Kier alpha value is -3.42. The molecule has 0 spiro atoms. The third-order valence-electron chi connectivity index (χ3n) is 4.83. The van der Waals surface area contributed by atoms with Crippen molar-refractivity contribution in [3.8, 4) is 22.9 Å². The normalized spacial score (nSPS) is 14.4. The first kappa shape index (κ1) is 18.0. The van der Waals surface area contributed by atoms with E-state index in [4.69, 9.17) is 15.5 Å². The number of pyridine rings is 1. The topological polar surface area (TPSA) is 71.9 Å². The second-order valence-corrected chi connectivity index (χ2v) is 7.42. The van der Waals surface area contributed by atoms with Gasteiger partial charge in [-0.1, -0.05) is 30.3 Å². The predicted molar refractivity (Wildman–Crippen MR) is 111 cm³/mol. The smallest absolute Gasteiger partial charge is 0.128 e. The number of nitrogens with two attached hydrogens (primary N) is 1. The van der Waals surface area contributed by atoms with Gasteiger partial charge in [-0.15, -0.1) is 0 Å². The lowest BCUT2D eigenvalue weighted by atomic mass is 9.91. The summed E-state index contributed by atoms with van der Waals surface area (Å²) in [6.45, 7) is 4.57. The van der Waals surface area contributed by atoms with E-state index in [9.17, 15) is 5.26 Å². The van der Waals surface area contributed by atoms with Crippen LogP contribution in [0.25, 0.3) is 16.7 Å². The molecule has 2 aromatic carbocycles. The molecule has 0 atom stereocenters. The zero-order valence-electron chi connectivity index (χ0n) is 15.9. The Kier molecular flexibility index (Phi) is 4.46. The fourth-order valence-corrected chi connectivity index (χ4v) is 3.41. The average molecular weight is 367 g/mol. The summed E-state index contributed by atoms with van der Waals surface area (Å²) in [6.07, 6.45) is 3.94. The molecule has 1 aliphatic heterocycles. The summed E-state index contributed by atoms with van der Waals surface area (Å²) in [5, 5.41) is 9.26. The monoisotopic (exact) mass is 367 g/mol. The number of hydrogen-bond acceptors (Lipinski definition) is 4. The molecule has 2 heterocycles. The minimum Gasteiger partial charge on any atom is -0.483 e. The fraction of sp³-hybridized carbons (Fsp3) is 0.167. The van der Waals surface area contributed by atoms with Crippen LogP contribution in [0.1, 0.15) is 36.2 Å². The average Bonchev–Trinajstić information content (AvgIpc) is 2.72. The van der Waals surface area contributed by atoms with Crippen LogP contribution in [0.5, 0.6) is 5.75 Å². The quantitative estimate of drug-likeness (QED) is 0.729. The highest BCUT2D eigenvalue weighted by molar-refractivity contribution is 5.84. The Bertz CT molecular complexity index is 1090. The minimum absolute atomic E-state index is 0.450. The minimum atomic E-state index is -0.450. The molecule has 4 heteroatoms. The number of ether oxygens (including phenoxy) is 1. The molecule has 0 radical (unpaired) electrons. The van der Waals surface area contributed by atoms with Gasteiger partial charge in [-0.3, -0.25) is 4.98 Å². The first-order valence-corrected chi connectivity index (χ1v) is 9.21. The molecule has 0 saturated heterocycles. The van der Waals surface area contributed by atoms with Crippen molar-refractivity contribution >= 4 is 5.57 Å². The van der Waals surface area contributed by atoms with E-state index in [0.29, 0.717) is 12.1 Å². The highest BCUT2D eigenvalue weighted by Gasteiger charge is 2.28. The van der Waals surface area contributed by atoms with Gasteiger partial charge >= 0.3 is 0 Å². The van der Waals surface area contributed by atoms with Gasteiger partial charge in [0.1, 0.15) is 11.4 Å². The lowest BCUT2D eigenvalue weighted by molar-refractivity contribution is 0.158. The molecular formula is C24H21N3O. The highest BCUT2D eigenvalue weighted by atomic mass is 16.5. The van der Waals surface area contributed by atoms with Crippen LogP contribution in [0.2, 0.25) is 0 Å². The Morgan fingerprint density at radius 3 is 2.43 bits per heavy atom. The van der Waals surface area contributed by atoms with Crippen molar-refractivity contribution in [2.24, 2.45) is 5.73 Å². The van der Waals surface area contributed by atoms with Gasteiger partial charge in [0.15, 0.2) is 0 Å². The van der Waals surface area contributed by atoms with Crippen LogP contribution in [0.3, 0.4) is 0 Å². The summed E-state index contributed by atoms with van der Waals surface area (Å²) in [5.74, 6) is 0.768. The van der Waals surface area contributed by atoms with Gasteiger partial charge in [0.05, 0.1) is 17.3 Å². The predicted octanol–water partition coefficient (Wildman–Crippen LogP) is 4.68. The van der Waals surface area contributed by atoms with Gasteiger partial charge in [0.25, 0.3) is 0 Å². The number of rotatable bonds is 3. The van der Waals surface area contributed by atoms with E-state index in [1.165, 1.54) is 0 Å². The molecule has 4 nitrogen and oxygen atoms in total. The molecule has 4 rings (SSSR count). The lowest BCUT2D eigenvalue weighted by Gasteiger charge is -2.31. The second kappa shape index (κ2) is 6.95. The van der Waals surface area contributed by atoms with Crippen molar-refractivity contribution in [2.45, 2.75) is 26.0 Å². The van der Waals surface area contributed by atoms with E-state index in [1.54, 1.807) is 6.07 Å². The first-order valence-electron chi connectivity index (χ1n) is 9.21. The molecule has 0 bridgehead atoms. The summed E-state index contributed by atoms with van der Waals surface area (Å²) >= 11 is 0. The van der Waals surface area contributed by atoms with Gasteiger partial charge in [0.2, 0.25) is 0 Å². The molecule has 3 aromatic rings. The van der Waals surface area contributed by atoms with Gasteiger partial charge < -0.3 is 10.5 Å². The van der Waals surface area contributed by atoms with Crippen LogP contribution >= 0.6 is 0 Å². The zero-order valence-corrected chi connectivity index (χ0v) is 15.9. The van der Waals surface area contributed by atoms with Crippen molar-refractivity contribution in [2.75, 3.05) is 0 Å². The van der Waals surface area contributed by atoms with Crippen LogP contribution in [-0.4, -0.2) is 10.6 Å². The van der Waals surface area contributed by atoms with Gasteiger partial charge in [-0.2, -0.15) is 5.26 Å². The zero-order chi connectivity index (χ0) is 19.7. The summed E-state index contributed by atoms with van der Waals surface area (Å²) in [6, 6.07) is 20.0. The van der Waals surface area contributed by atoms with E-state index < -0.39 is 5.60 Å². The molecule has 1 aromatic heterocycles. The maximum Gasteiger partial charge on any atom is 0.128 e. The maximum atomic E-state index is 9.26. The Labute approximate surface area is 164 Å². The molecule has 0 unspecified atom stereocenters. The SMILES string of the molecule is CC1(C)C=C(c2ccc(-c3ccc(CN)cc3)cn2)c2cc(C#N)ccc2O1. The molecule has 28 heavy (non-hydrogen) atoms. The Balaban J connectivity index is 1.74. The fourth-order valence-electron chi connectivity index (χ4n) is 3.41. The third-order valence-corrected chi connectivity index (χ3v) is 4.83. The van der Waals surface area contributed by atoms with Gasteiger partial charge in [-0.05, 0) is 55.3 Å². The van der Waals surface area contributed by atoms with E-state index in [2.05, 4.69) is 30.3 Å². The van der Waals surface area contributed by atoms with Crippen molar-refractivity contribution in [1.29, 1.82) is 5.26 Å². The number of benzene rings is 2. The number of nitriles is 1. The summed E-state index contributed by atoms with van der Waals surface area (Å²) in [7, 11) is 0. The van der Waals surface area contributed by atoms with E-state index in [1.807, 2.05) is 50.4 Å². The number of nitrogens with zero attached hydrogens (tertiary/aromatic N) is 2. The Morgan fingerprint density at radius 1 is 1.04 bits per heavy atom. The molecule has 0 saturated carbocycles. The number of hydrogen-bond donors (Lipinski definition) is 1. The van der Waals surface area contributed by atoms with E-state index in [0.717, 1.165) is 39.3 Å². The van der Waals surface area contributed by atoms with Crippen molar-refractivity contribution in [3.05, 3.63) is 89.3 Å². The third kappa shape index (κ3) is 3.40. The van der Waals surface area contributed by atoms with Crippen LogP contribution in [0.15, 0.2) is 66.9 Å². The molecule has 1 aliphatic rings. The van der Waals surface area contributed by atoms with Crippen molar-refractivity contribution in [3.63, 3.8) is 0 Å². The summed E-state index contributed by atoms with van der Waals surface area (Å²) < 4.78 is 6.06. The van der Waals surface area contributed by atoms with Crippen LogP contribution in [-0.2, 0) is 6.54 Å². The van der Waals surface area contributed by atoms with E-state index in [-0.39, 0.29) is 0 Å². The molecule has 0 amide bonds. The number of aromatic nitrogens is 1. The van der Waals surface area contributed by atoms with Crippen molar-refractivity contribution in [1.82, 2.24) is 4.98 Å². The molecular weight excluding hydrogens is 346 g/mol. The van der Waals surface area contributed by atoms with Crippen LogP contribution < -0.4 is 10.5 Å². The van der Waals surface area contributed by atoms with Crippen LogP contribution in [0.4, 0.5) is 0 Å². The molecule has 138 valence electrons. The largest absolute Gasteiger partial charge is 0.483 e. The maximum absolute atomic E-state index is 9.26. The second-order valence-electron chi connectivity index (χ2n) is 7.42. The number of fused-ring (bicyclic) bond motifs is 1. The van der Waals surface area contributed by atoms with Crippen molar-refractivity contribution < 1.29 is 4.74 Å². The van der Waals surface area contributed by atoms with Crippen LogP contribution in [0, 0.1) is 11.3 Å². The van der Waals surface area contributed by atoms with E-state index >= 15 is 0 Å². The summed E-state index contributed by atoms with van der Waals surface area (Å²) in [5.41, 5.74) is 11.8. The van der Waals surface area contributed by atoms with Gasteiger partial charge in [0, 0.05) is 29.4 Å². The Morgan fingerprint density at radius 2 is 1.79 bits per heavy atom. The highest BCUT2D eigenvalue weighted by Crippen LogP contribution is 2.39. The molecule has 0 fully saturated rings.